The minimum absolute atomic E-state index is 0.271. The number of anilines is 1. The van der Waals surface area contributed by atoms with Gasteiger partial charge in [0.25, 0.3) is 4.84 Å². The number of halogens is 1. The van der Waals surface area contributed by atoms with Crippen LogP contribution in [-0.2, 0) is 6.67 Å². The van der Waals surface area contributed by atoms with Crippen LogP contribution < -0.4 is 4.90 Å². The Morgan fingerprint density at radius 2 is 1.73 bits per heavy atom. The van der Waals surface area contributed by atoms with Gasteiger partial charge < -0.3 is 9.32 Å². The van der Waals surface area contributed by atoms with Gasteiger partial charge in [-0.25, -0.2) is 14.4 Å². The molecule has 2 aromatic heterocycles. The normalized spacial score (nSPS) is 15.3. The molecule has 134 valence electrons. The van der Waals surface area contributed by atoms with E-state index in [9.17, 15) is 4.39 Å². The number of nitrogens with zero attached hydrogens (tertiary/aromatic N) is 5. The molecule has 6 nitrogen and oxygen atoms in total. The predicted molar refractivity (Wildman–Crippen MR) is 98.7 cm³/mol. The van der Waals surface area contributed by atoms with E-state index in [0.29, 0.717) is 17.3 Å². The zero-order valence-corrected chi connectivity index (χ0v) is 14.9. The molecule has 1 saturated heterocycles. The lowest BCUT2D eigenvalue weighted by Crippen LogP contribution is -2.47. The lowest BCUT2D eigenvalue weighted by molar-refractivity contribution is 0.201. The fourth-order valence-corrected chi connectivity index (χ4v) is 3.18. The molecule has 3 aromatic rings. The highest BCUT2D eigenvalue weighted by molar-refractivity contribution is 7.71. The molecular weight excluding hydrogens is 353 g/mol. The minimum Gasteiger partial charge on any atom is -0.429 e. The summed E-state index contributed by atoms with van der Waals surface area (Å²) in [6.45, 7) is 4.15. The quantitative estimate of drug-likeness (QED) is 0.657. The fourth-order valence-electron chi connectivity index (χ4n) is 2.98. The first-order chi connectivity index (χ1) is 12.7. The van der Waals surface area contributed by atoms with Crippen molar-refractivity contribution in [2.24, 2.45) is 0 Å². The van der Waals surface area contributed by atoms with Crippen LogP contribution in [0.5, 0.6) is 0 Å². The van der Waals surface area contributed by atoms with Crippen LogP contribution in [0, 0.1) is 10.7 Å². The Morgan fingerprint density at radius 1 is 1.04 bits per heavy atom. The topological polar surface area (TPSA) is 50.3 Å². The molecule has 26 heavy (non-hydrogen) atoms. The summed E-state index contributed by atoms with van der Waals surface area (Å²) in [6.07, 6.45) is 5.40. The van der Waals surface area contributed by atoms with Crippen molar-refractivity contribution in [2.45, 2.75) is 6.67 Å². The standard InChI is InChI=1S/C18H18FN5OS/c19-15-4-2-14(3-5-15)16-12-24(18(26)25-16)13-22-8-10-23(11-9-22)17-20-6-1-7-21-17/h1-7,12H,8-11,13H2. The van der Waals surface area contributed by atoms with Gasteiger partial charge >= 0.3 is 0 Å². The van der Waals surface area contributed by atoms with Gasteiger partial charge in [0.2, 0.25) is 5.95 Å². The fraction of sp³-hybridized carbons (Fsp3) is 0.278. The summed E-state index contributed by atoms with van der Waals surface area (Å²) >= 11 is 5.33. The van der Waals surface area contributed by atoms with Crippen LogP contribution in [0.1, 0.15) is 0 Å². The summed E-state index contributed by atoms with van der Waals surface area (Å²) < 4.78 is 20.7. The monoisotopic (exact) mass is 371 g/mol. The van der Waals surface area contributed by atoms with E-state index in [1.54, 1.807) is 24.5 Å². The molecule has 0 aliphatic carbocycles. The molecular formula is C18H18FN5OS. The van der Waals surface area contributed by atoms with Crippen molar-refractivity contribution >= 4 is 18.2 Å². The summed E-state index contributed by atoms with van der Waals surface area (Å²) in [5, 5.41) is 0. The summed E-state index contributed by atoms with van der Waals surface area (Å²) in [6, 6.07) is 8.02. The lowest BCUT2D eigenvalue weighted by Gasteiger charge is -2.34. The van der Waals surface area contributed by atoms with E-state index >= 15 is 0 Å². The molecule has 0 unspecified atom stereocenters. The van der Waals surface area contributed by atoms with E-state index in [2.05, 4.69) is 19.8 Å². The van der Waals surface area contributed by atoms with Crippen molar-refractivity contribution in [2.75, 3.05) is 31.1 Å². The van der Waals surface area contributed by atoms with Gasteiger partial charge in [-0.05, 0) is 42.5 Å². The highest BCUT2D eigenvalue weighted by Gasteiger charge is 2.19. The molecule has 0 N–H and O–H groups in total. The van der Waals surface area contributed by atoms with Crippen molar-refractivity contribution in [3.05, 3.63) is 59.6 Å². The molecule has 1 aliphatic heterocycles. The Kier molecular flexibility index (Phi) is 4.77. The molecule has 3 heterocycles. The zero-order valence-electron chi connectivity index (χ0n) is 14.1. The Balaban J connectivity index is 1.41. The van der Waals surface area contributed by atoms with Gasteiger partial charge in [0.05, 0.1) is 12.9 Å². The second kappa shape index (κ2) is 7.35. The van der Waals surface area contributed by atoms with Gasteiger partial charge in [-0.3, -0.25) is 9.47 Å². The summed E-state index contributed by atoms with van der Waals surface area (Å²) in [5.41, 5.74) is 0.808. The Bertz CT molecular complexity index is 917. The van der Waals surface area contributed by atoms with Crippen molar-refractivity contribution in [3.8, 4) is 11.3 Å². The van der Waals surface area contributed by atoms with Crippen LogP contribution in [-0.4, -0.2) is 45.6 Å². The van der Waals surface area contributed by atoms with Crippen molar-refractivity contribution < 1.29 is 8.81 Å². The first-order valence-corrected chi connectivity index (χ1v) is 8.80. The van der Waals surface area contributed by atoms with Crippen LogP contribution in [0.25, 0.3) is 11.3 Å². The highest BCUT2D eigenvalue weighted by Crippen LogP contribution is 2.21. The third-order valence-corrected chi connectivity index (χ3v) is 4.71. The first kappa shape index (κ1) is 16.9. The van der Waals surface area contributed by atoms with E-state index in [0.717, 1.165) is 37.7 Å². The summed E-state index contributed by atoms with van der Waals surface area (Å²) in [4.78, 5) is 13.5. The van der Waals surface area contributed by atoms with Gasteiger partial charge in [0.15, 0.2) is 5.76 Å². The molecule has 8 heteroatoms. The summed E-state index contributed by atoms with van der Waals surface area (Å²) in [7, 11) is 0. The second-order valence-electron chi connectivity index (χ2n) is 6.13. The van der Waals surface area contributed by atoms with E-state index in [4.69, 9.17) is 16.6 Å². The number of hydrogen-bond acceptors (Lipinski definition) is 6. The molecule has 4 rings (SSSR count). The van der Waals surface area contributed by atoms with E-state index in [-0.39, 0.29) is 5.82 Å². The van der Waals surface area contributed by atoms with Crippen LogP contribution >= 0.6 is 12.2 Å². The number of piperazine rings is 1. The molecule has 1 aliphatic rings. The maximum Gasteiger partial charge on any atom is 0.270 e. The van der Waals surface area contributed by atoms with Crippen LogP contribution in [0.3, 0.4) is 0 Å². The van der Waals surface area contributed by atoms with Crippen molar-refractivity contribution in [3.63, 3.8) is 0 Å². The average molecular weight is 371 g/mol. The third kappa shape index (κ3) is 3.66. The Hall–Kier alpha value is -2.58. The van der Waals surface area contributed by atoms with Gasteiger partial charge in [0, 0.05) is 44.1 Å². The zero-order chi connectivity index (χ0) is 17.9. The maximum absolute atomic E-state index is 13.1. The molecule has 1 aromatic carbocycles. The lowest BCUT2D eigenvalue weighted by atomic mass is 10.2. The Morgan fingerprint density at radius 3 is 2.42 bits per heavy atom. The predicted octanol–water partition coefficient (Wildman–Crippen LogP) is 3.19. The average Bonchev–Trinajstić information content (AvgIpc) is 3.04. The molecule has 0 amide bonds. The van der Waals surface area contributed by atoms with E-state index in [1.165, 1.54) is 12.1 Å². The molecule has 0 spiro atoms. The molecule has 0 saturated carbocycles. The smallest absolute Gasteiger partial charge is 0.270 e. The van der Waals surface area contributed by atoms with Gasteiger partial charge in [-0.1, -0.05) is 0 Å². The highest BCUT2D eigenvalue weighted by atomic mass is 32.1. The maximum atomic E-state index is 13.1. The second-order valence-corrected chi connectivity index (χ2v) is 6.48. The Labute approximate surface area is 155 Å². The third-order valence-electron chi connectivity index (χ3n) is 4.39. The number of benzene rings is 1. The minimum atomic E-state index is -0.271. The van der Waals surface area contributed by atoms with Crippen LogP contribution in [0.2, 0.25) is 0 Å². The van der Waals surface area contributed by atoms with Gasteiger partial charge in [-0.15, -0.1) is 0 Å². The first-order valence-electron chi connectivity index (χ1n) is 8.39. The molecule has 0 bridgehead atoms. The molecule has 1 fully saturated rings. The molecule has 0 radical (unpaired) electrons. The largest absolute Gasteiger partial charge is 0.429 e. The van der Waals surface area contributed by atoms with Gasteiger partial charge in [0.1, 0.15) is 5.82 Å². The van der Waals surface area contributed by atoms with Crippen LogP contribution in [0.4, 0.5) is 10.3 Å². The van der Waals surface area contributed by atoms with Crippen LogP contribution in [0.15, 0.2) is 53.3 Å². The summed E-state index contributed by atoms with van der Waals surface area (Å²) in [5.74, 6) is 1.14. The number of aromatic nitrogens is 3. The van der Waals surface area contributed by atoms with E-state index in [1.807, 2.05) is 16.8 Å². The van der Waals surface area contributed by atoms with E-state index < -0.39 is 0 Å². The van der Waals surface area contributed by atoms with Crippen molar-refractivity contribution in [1.29, 1.82) is 0 Å². The van der Waals surface area contributed by atoms with Crippen molar-refractivity contribution in [1.82, 2.24) is 19.4 Å². The van der Waals surface area contributed by atoms with Gasteiger partial charge in [-0.2, -0.15) is 0 Å². The number of oxazole rings is 1. The SMILES string of the molecule is Fc1ccc(-c2cn(CN3CCN(c4ncccn4)CC3)c(=S)o2)cc1. The number of rotatable bonds is 4. The number of hydrogen-bond donors (Lipinski definition) is 0. The molecule has 0 atom stereocenters.